The van der Waals surface area contributed by atoms with Gasteiger partial charge in [-0.05, 0) is 38.1 Å². The van der Waals surface area contributed by atoms with Crippen LogP contribution in [0.2, 0.25) is 5.02 Å². The smallest absolute Gasteiger partial charge is 0.238 e. The summed E-state index contributed by atoms with van der Waals surface area (Å²) in [5.74, 6) is -0.128. The van der Waals surface area contributed by atoms with Gasteiger partial charge in [0.1, 0.15) is 0 Å². The minimum atomic E-state index is -0.345. The molecule has 4 N–H and O–H groups in total. The molecular weight excluding hydrogens is 290 g/mol. The number of likely N-dealkylation sites (N-methyl/N-ethyl adjacent to an activating group) is 1. The molecule has 0 heterocycles. The SMILES string of the molecule is CN(CC(=O)Nc1ccc(Cl)c(N)c1)C1CCCCC1O. The molecule has 1 aliphatic rings. The number of nitrogens with zero attached hydrogens (tertiary/aromatic N) is 1. The second-order valence-electron chi connectivity index (χ2n) is 5.62. The Balaban J connectivity index is 1.90. The van der Waals surface area contributed by atoms with Gasteiger partial charge >= 0.3 is 0 Å². The van der Waals surface area contributed by atoms with E-state index in [4.69, 9.17) is 17.3 Å². The van der Waals surface area contributed by atoms with Crippen molar-refractivity contribution in [3.63, 3.8) is 0 Å². The first-order chi connectivity index (χ1) is 9.97. The molecular formula is C15H22ClN3O2. The van der Waals surface area contributed by atoms with Gasteiger partial charge in [0.2, 0.25) is 5.91 Å². The maximum absolute atomic E-state index is 12.1. The van der Waals surface area contributed by atoms with E-state index in [9.17, 15) is 9.90 Å². The average molecular weight is 312 g/mol. The van der Waals surface area contributed by atoms with Crippen molar-refractivity contribution in [3.05, 3.63) is 23.2 Å². The number of carbonyl (C=O) groups excluding carboxylic acids is 1. The predicted octanol–water partition coefficient (Wildman–Crippen LogP) is 2.10. The lowest BCUT2D eigenvalue weighted by Gasteiger charge is -2.34. The van der Waals surface area contributed by atoms with E-state index in [1.165, 1.54) is 0 Å². The van der Waals surface area contributed by atoms with Crippen LogP contribution in [0.1, 0.15) is 25.7 Å². The molecule has 2 rings (SSSR count). The van der Waals surface area contributed by atoms with Crippen molar-refractivity contribution in [2.75, 3.05) is 24.6 Å². The molecule has 2 unspecified atom stereocenters. The highest BCUT2D eigenvalue weighted by Gasteiger charge is 2.27. The first-order valence-electron chi connectivity index (χ1n) is 7.20. The topological polar surface area (TPSA) is 78.6 Å². The molecule has 2 atom stereocenters. The van der Waals surface area contributed by atoms with Gasteiger partial charge in [0.25, 0.3) is 0 Å². The Hall–Kier alpha value is -1.30. The van der Waals surface area contributed by atoms with Crippen molar-refractivity contribution in [3.8, 4) is 0 Å². The second kappa shape index (κ2) is 7.11. The number of amides is 1. The van der Waals surface area contributed by atoms with Gasteiger partial charge < -0.3 is 16.2 Å². The zero-order chi connectivity index (χ0) is 15.4. The first-order valence-corrected chi connectivity index (χ1v) is 7.58. The third kappa shape index (κ3) is 4.33. The van der Waals surface area contributed by atoms with E-state index in [1.54, 1.807) is 18.2 Å². The molecule has 0 radical (unpaired) electrons. The van der Waals surface area contributed by atoms with Gasteiger partial charge in [0.15, 0.2) is 0 Å². The fourth-order valence-electron chi connectivity index (χ4n) is 2.77. The normalized spacial score (nSPS) is 22.3. The summed E-state index contributed by atoms with van der Waals surface area (Å²) in [6.45, 7) is 0.240. The zero-order valence-electron chi connectivity index (χ0n) is 12.2. The monoisotopic (exact) mass is 311 g/mol. The van der Waals surface area contributed by atoms with Crippen molar-refractivity contribution >= 4 is 28.9 Å². The summed E-state index contributed by atoms with van der Waals surface area (Å²) in [6, 6.07) is 5.06. The molecule has 1 saturated carbocycles. The van der Waals surface area contributed by atoms with E-state index in [1.807, 2.05) is 11.9 Å². The summed E-state index contributed by atoms with van der Waals surface area (Å²) in [4.78, 5) is 14.0. The van der Waals surface area contributed by atoms with Crippen LogP contribution in [0.5, 0.6) is 0 Å². The molecule has 1 fully saturated rings. The molecule has 1 aromatic carbocycles. The van der Waals surface area contributed by atoms with Gasteiger partial charge in [0, 0.05) is 11.7 Å². The standard InChI is InChI=1S/C15H22ClN3O2/c1-19(13-4-2-3-5-14(13)20)9-15(21)18-10-6-7-11(16)12(17)8-10/h6-8,13-14,20H,2-5,9,17H2,1H3,(H,18,21). The third-order valence-corrected chi connectivity index (χ3v) is 4.28. The molecule has 21 heavy (non-hydrogen) atoms. The number of hydrogen-bond acceptors (Lipinski definition) is 4. The number of aliphatic hydroxyl groups excluding tert-OH is 1. The summed E-state index contributed by atoms with van der Waals surface area (Å²) in [5, 5.41) is 13.3. The number of nitrogens with one attached hydrogen (secondary N) is 1. The van der Waals surface area contributed by atoms with Crippen molar-refractivity contribution in [1.82, 2.24) is 4.90 Å². The number of halogens is 1. The van der Waals surface area contributed by atoms with E-state index in [0.29, 0.717) is 16.4 Å². The van der Waals surface area contributed by atoms with Crippen LogP contribution in [0, 0.1) is 0 Å². The summed E-state index contributed by atoms with van der Waals surface area (Å²) < 4.78 is 0. The number of nitrogen functional groups attached to an aromatic ring is 1. The minimum absolute atomic E-state index is 0.0554. The number of anilines is 2. The summed E-state index contributed by atoms with van der Waals surface area (Å²) in [7, 11) is 1.87. The number of carbonyl (C=O) groups is 1. The molecule has 0 bridgehead atoms. The van der Waals surface area contributed by atoms with E-state index in [0.717, 1.165) is 25.7 Å². The molecule has 0 aliphatic heterocycles. The summed E-state index contributed by atoms with van der Waals surface area (Å²) in [6.07, 6.45) is 3.55. The van der Waals surface area contributed by atoms with E-state index in [-0.39, 0.29) is 24.6 Å². The van der Waals surface area contributed by atoms with E-state index >= 15 is 0 Å². The lowest BCUT2D eigenvalue weighted by molar-refractivity contribution is -0.118. The highest BCUT2D eigenvalue weighted by atomic mass is 35.5. The molecule has 6 heteroatoms. The van der Waals surface area contributed by atoms with Crippen molar-refractivity contribution in [2.24, 2.45) is 0 Å². The highest BCUT2D eigenvalue weighted by molar-refractivity contribution is 6.33. The third-order valence-electron chi connectivity index (χ3n) is 3.93. The summed E-state index contributed by atoms with van der Waals surface area (Å²) >= 11 is 5.85. The van der Waals surface area contributed by atoms with Crippen LogP contribution in [0.3, 0.4) is 0 Å². The zero-order valence-corrected chi connectivity index (χ0v) is 12.9. The lowest BCUT2D eigenvalue weighted by atomic mass is 9.91. The van der Waals surface area contributed by atoms with Gasteiger partial charge in [-0.15, -0.1) is 0 Å². The Labute approximate surface area is 130 Å². The molecule has 116 valence electrons. The van der Waals surface area contributed by atoms with Gasteiger partial charge in [-0.25, -0.2) is 0 Å². The van der Waals surface area contributed by atoms with Crippen molar-refractivity contribution < 1.29 is 9.90 Å². The molecule has 0 spiro atoms. The number of rotatable bonds is 4. The molecule has 0 saturated heterocycles. The molecule has 1 amide bonds. The second-order valence-corrected chi connectivity index (χ2v) is 6.03. The van der Waals surface area contributed by atoms with Gasteiger partial charge in [0.05, 0.1) is 23.4 Å². The number of aliphatic hydroxyl groups is 1. The van der Waals surface area contributed by atoms with Crippen LogP contribution in [0.4, 0.5) is 11.4 Å². The molecule has 5 nitrogen and oxygen atoms in total. The Morgan fingerprint density at radius 3 is 2.86 bits per heavy atom. The lowest BCUT2D eigenvalue weighted by Crippen LogP contribution is -2.46. The molecule has 1 aromatic rings. The van der Waals surface area contributed by atoms with E-state index < -0.39 is 0 Å². The van der Waals surface area contributed by atoms with Gasteiger partial charge in [-0.2, -0.15) is 0 Å². The van der Waals surface area contributed by atoms with Crippen LogP contribution in [0.15, 0.2) is 18.2 Å². The predicted molar refractivity (Wildman–Crippen MR) is 85.4 cm³/mol. The Kier molecular flexibility index (Phi) is 5.45. The maximum atomic E-state index is 12.1. The minimum Gasteiger partial charge on any atom is -0.397 e. The van der Waals surface area contributed by atoms with Gasteiger partial charge in [-0.1, -0.05) is 24.4 Å². The van der Waals surface area contributed by atoms with Crippen LogP contribution in [-0.2, 0) is 4.79 Å². The van der Waals surface area contributed by atoms with Crippen LogP contribution < -0.4 is 11.1 Å². The van der Waals surface area contributed by atoms with E-state index in [2.05, 4.69) is 5.32 Å². The first kappa shape index (κ1) is 16.1. The fraction of sp³-hybridized carbons (Fsp3) is 0.533. The average Bonchev–Trinajstić information content (AvgIpc) is 2.43. The number of benzene rings is 1. The fourth-order valence-corrected chi connectivity index (χ4v) is 2.89. The van der Waals surface area contributed by atoms with Crippen LogP contribution in [-0.4, -0.2) is 41.7 Å². The van der Waals surface area contributed by atoms with Crippen molar-refractivity contribution in [2.45, 2.75) is 37.8 Å². The number of hydrogen-bond donors (Lipinski definition) is 3. The van der Waals surface area contributed by atoms with Crippen LogP contribution in [0.25, 0.3) is 0 Å². The molecule has 1 aliphatic carbocycles. The van der Waals surface area contributed by atoms with Gasteiger partial charge in [-0.3, -0.25) is 9.69 Å². The maximum Gasteiger partial charge on any atom is 0.238 e. The van der Waals surface area contributed by atoms with Crippen molar-refractivity contribution in [1.29, 1.82) is 0 Å². The number of nitrogens with two attached hydrogens (primary N) is 1. The largest absolute Gasteiger partial charge is 0.397 e. The van der Waals surface area contributed by atoms with Crippen LogP contribution >= 0.6 is 11.6 Å². The molecule has 0 aromatic heterocycles. The summed E-state index contributed by atoms with van der Waals surface area (Å²) in [5.41, 5.74) is 6.77. The Morgan fingerprint density at radius 2 is 2.19 bits per heavy atom. The quantitative estimate of drug-likeness (QED) is 0.744. The highest BCUT2D eigenvalue weighted by Crippen LogP contribution is 2.23. The Bertz CT molecular complexity index is 510. The Morgan fingerprint density at radius 1 is 1.48 bits per heavy atom.